The van der Waals surface area contributed by atoms with Gasteiger partial charge in [-0.2, -0.15) is 13.2 Å². The van der Waals surface area contributed by atoms with Crippen molar-refractivity contribution in [2.45, 2.75) is 45.0 Å². The number of piperidine rings is 1. The molecule has 8 heteroatoms. The number of carbonyl (C=O) groups excluding carboxylic acids is 2. The minimum Gasteiger partial charge on any atom is -0.490 e. The third-order valence-electron chi connectivity index (χ3n) is 7.32. The number of rotatable bonds is 7. The summed E-state index contributed by atoms with van der Waals surface area (Å²) in [5.74, 6) is -0.684. The number of fused-ring (bicyclic) bond motifs is 1. The van der Waals surface area contributed by atoms with Gasteiger partial charge in [-0.05, 0) is 66.4 Å². The molecule has 0 aliphatic carbocycles. The summed E-state index contributed by atoms with van der Waals surface area (Å²) < 4.78 is 47.3. The average molecular weight is 535 g/mol. The van der Waals surface area contributed by atoms with Crippen molar-refractivity contribution in [1.82, 2.24) is 4.90 Å². The van der Waals surface area contributed by atoms with Crippen molar-refractivity contribution >= 4 is 17.3 Å². The number of likely N-dealkylation sites (tertiary alicyclic amines) is 1. The number of hydrogen-bond donors (Lipinski definition) is 0. The van der Waals surface area contributed by atoms with Crippen LogP contribution in [0.5, 0.6) is 5.75 Å². The molecule has 0 radical (unpaired) electrons. The van der Waals surface area contributed by atoms with Crippen LogP contribution in [0.25, 0.3) is 11.1 Å². The zero-order valence-corrected chi connectivity index (χ0v) is 21.8. The number of nitrogens with zero attached hydrogens (tertiary/aromatic N) is 2. The predicted molar refractivity (Wildman–Crippen MR) is 143 cm³/mol. The first-order valence-electron chi connectivity index (χ1n) is 13.0. The largest absolute Gasteiger partial charge is 0.490 e. The number of carbonyl (C=O) groups is 2. The summed E-state index contributed by atoms with van der Waals surface area (Å²) in [6.07, 6.45) is -3.62. The van der Waals surface area contributed by atoms with Gasteiger partial charge >= 0.3 is 6.18 Å². The summed E-state index contributed by atoms with van der Waals surface area (Å²) in [5.41, 5.74) is 4.02. The molecule has 3 aromatic rings. The quantitative estimate of drug-likeness (QED) is 0.341. The van der Waals surface area contributed by atoms with E-state index in [1.165, 1.54) is 19.1 Å². The smallest absolute Gasteiger partial charge is 0.419 e. The first-order chi connectivity index (χ1) is 18.6. The fraction of sp³-hybridized carbons (Fsp3) is 0.323. The van der Waals surface area contributed by atoms with Crippen LogP contribution in [0.15, 0.2) is 65.7 Å². The van der Waals surface area contributed by atoms with E-state index >= 15 is 0 Å². The Morgan fingerprint density at radius 1 is 0.974 bits per heavy atom. The molecule has 0 spiro atoms. The molecule has 1 fully saturated rings. The van der Waals surface area contributed by atoms with E-state index in [1.54, 1.807) is 12.1 Å². The predicted octanol–water partition coefficient (Wildman–Crippen LogP) is 6.16. The van der Waals surface area contributed by atoms with Crippen molar-refractivity contribution < 1.29 is 27.5 Å². The van der Waals surface area contributed by atoms with Gasteiger partial charge in [0.15, 0.2) is 11.6 Å². The van der Waals surface area contributed by atoms with Crippen LogP contribution in [0.3, 0.4) is 0 Å². The molecule has 5 nitrogen and oxygen atoms in total. The number of ether oxygens (including phenoxy) is 1. The number of ketones is 2. The van der Waals surface area contributed by atoms with Gasteiger partial charge in [0.1, 0.15) is 17.6 Å². The molecule has 0 aromatic heterocycles. The lowest BCUT2D eigenvalue weighted by Crippen LogP contribution is -2.36. The van der Waals surface area contributed by atoms with E-state index in [2.05, 4.69) is 9.89 Å². The standard InChI is InChI=1S/C31H29F3N2O3/c1-19(37)30-26-9-7-22(16-24(26)18-35-30)21-5-3-20(4-6-21)15-28(38)23-8-10-29(27(17-23)31(32,33)34)39-25-11-13-36(2)14-12-25/h3-10,16-17,25H,11-15,18H2,1-2H3. The van der Waals surface area contributed by atoms with Gasteiger partial charge in [0.05, 0.1) is 12.1 Å². The maximum absolute atomic E-state index is 13.9. The van der Waals surface area contributed by atoms with Gasteiger partial charge in [-0.1, -0.05) is 36.4 Å². The summed E-state index contributed by atoms with van der Waals surface area (Å²) in [6, 6.07) is 16.8. The molecule has 0 atom stereocenters. The molecule has 0 saturated carbocycles. The average Bonchev–Trinajstić information content (AvgIpc) is 3.34. The third kappa shape index (κ3) is 5.96. The van der Waals surface area contributed by atoms with E-state index in [4.69, 9.17) is 4.74 Å². The van der Waals surface area contributed by atoms with Crippen LogP contribution in [0.4, 0.5) is 13.2 Å². The molecule has 39 heavy (non-hydrogen) atoms. The van der Waals surface area contributed by atoms with Crippen molar-refractivity contribution in [2.75, 3.05) is 20.1 Å². The van der Waals surface area contributed by atoms with E-state index < -0.39 is 17.5 Å². The molecule has 2 aliphatic rings. The summed E-state index contributed by atoms with van der Waals surface area (Å²) in [7, 11) is 1.97. The minimum atomic E-state index is -4.63. The highest BCUT2D eigenvalue weighted by atomic mass is 19.4. The Hall–Kier alpha value is -3.78. The van der Waals surface area contributed by atoms with Gasteiger partial charge in [0.25, 0.3) is 0 Å². The highest BCUT2D eigenvalue weighted by Crippen LogP contribution is 2.38. The molecule has 3 aromatic carbocycles. The number of aliphatic imine (C=N–C) groups is 1. The van der Waals surface area contributed by atoms with E-state index in [-0.39, 0.29) is 29.6 Å². The van der Waals surface area contributed by atoms with Crippen molar-refractivity contribution in [3.8, 4) is 16.9 Å². The Bertz CT molecular complexity index is 1440. The second kappa shape index (κ2) is 10.8. The highest BCUT2D eigenvalue weighted by molar-refractivity contribution is 6.46. The Kier molecular flexibility index (Phi) is 7.40. The third-order valence-corrected chi connectivity index (χ3v) is 7.32. The van der Waals surface area contributed by atoms with Gasteiger partial charge in [0, 0.05) is 37.6 Å². The van der Waals surface area contributed by atoms with Gasteiger partial charge < -0.3 is 9.64 Å². The number of hydrogen-bond acceptors (Lipinski definition) is 5. The summed E-state index contributed by atoms with van der Waals surface area (Å²) in [5, 5.41) is 0. The van der Waals surface area contributed by atoms with Crippen molar-refractivity contribution in [3.05, 3.63) is 88.5 Å². The molecule has 0 bridgehead atoms. The Morgan fingerprint density at radius 3 is 2.33 bits per heavy atom. The van der Waals surface area contributed by atoms with Crippen LogP contribution >= 0.6 is 0 Å². The van der Waals surface area contributed by atoms with Gasteiger partial charge in [-0.15, -0.1) is 0 Å². The van der Waals surface area contributed by atoms with Crippen LogP contribution in [0, 0.1) is 0 Å². The molecular weight excluding hydrogens is 505 g/mol. The van der Waals surface area contributed by atoms with Crippen LogP contribution in [0.1, 0.15) is 52.4 Å². The fourth-order valence-electron chi connectivity index (χ4n) is 5.10. The van der Waals surface area contributed by atoms with Gasteiger partial charge in [-0.3, -0.25) is 14.6 Å². The molecule has 2 aliphatic heterocycles. The number of benzene rings is 3. The highest BCUT2D eigenvalue weighted by Gasteiger charge is 2.36. The maximum Gasteiger partial charge on any atom is 0.419 e. The molecule has 5 rings (SSSR count). The fourth-order valence-corrected chi connectivity index (χ4v) is 5.10. The molecule has 1 saturated heterocycles. The second-order valence-corrected chi connectivity index (χ2v) is 10.2. The van der Waals surface area contributed by atoms with Crippen LogP contribution in [-0.4, -0.2) is 48.4 Å². The number of alkyl halides is 3. The van der Waals surface area contributed by atoms with Crippen LogP contribution in [-0.2, 0) is 23.9 Å². The lowest BCUT2D eigenvalue weighted by atomic mass is 9.95. The molecule has 0 N–H and O–H groups in total. The molecular formula is C31H29F3N2O3. The zero-order chi connectivity index (χ0) is 27.7. The molecule has 0 amide bonds. The van der Waals surface area contributed by atoms with Crippen LogP contribution in [0.2, 0.25) is 0 Å². The topological polar surface area (TPSA) is 59.0 Å². The Morgan fingerprint density at radius 2 is 1.67 bits per heavy atom. The van der Waals surface area contributed by atoms with Gasteiger partial charge in [-0.25, -0.2) is 0 Å². The molecule has 202 valence electrons. The van der Waals surface area contributed by atoms with E-state index in [0.29, 0.717) is 30.7 Å². The summed E-state index contributed by atoms with van der Waals surface area (Å²) in [6.45, 7) is 3.50. The van der Waals surface area contributed by atoms with Crippen molar-refractivity contribution in [1.29, 1.82) is 0 Å². The van der Waals surface area contributed by atoms with Crippen molar-refractivity contribution in [3.63, 3.8) is 0 Å². The lowest BCUT2D eigenvalue weighted by molar-refractivity contribution is -0.139. The molecule has 2 heterocycles. The maximum atomic E-state index is 13.9. The van der Waals surface area contributed by atoms with E-state index in [1.807, 2.05) is 37.4 Å². The second-order valence-electron chi connectivity index (χ2n) is 10.2. The monoisotopic (exact) mass is 534 g/mol. The Labute approximate surface area is 225 Å². The first kappa shape index (κ1) is 26.8. The van der Waals surface area contributed by atoms with Crippen LogP contribution < -0.4 is 4.74 Å². The number of Topliss-reactive ketones (excluding diaryl/α,β-unsaturated/α-hetero) is 2. The summed E-state index contributed by atoms with van der Waals surface area (Å²) in [4.78, 5) is 31.1. The lowest BCUT2D eigenvalue weighted by Gasteiger charge is -2.30. The van der Waals surface area contributed by atoms with E-state index in [9.17, 15) is 22.8 Å². The SMILES string of the molecule is CC(=O)C1=NCc2cc(-c3ccc(CC(=O)c4ccc(OC5CCN(C)CC5)c(C(F)(F)F)c4)cc3)ccc21. The van der Waals surface area contributed by atoms with Gasteiger partial charge in [0.2, 0.25) is 0 Å². The van der Waals surface area contributed by atoms with E-state index in [0.717, 1.165) is 41.4 Å². The normalized spacial score (nSPS) is 16.1. The Balaban J connectivity index is 1.29. The van der Waals surface area contributed by atoms with Crippen molar-refractivity contribution in [2.24, 2.45) is 4.99 Å². The number of halogens is 3. The summed E-state index contributed by atoms with van der Waals surface area (Å²) >= 11 is 0. The zero-order valence-electron chi connectivity index (χ0n) is 21.8. The molecule has 0 unspecified atom stereocenters. The first-order valence-corrected chi connectivity index (χ1v) is 13.0. The minimum absolute atomic E-state index is 0.00188.